The summed E-state index contributed by atoms with van der Waals surface area (Å²) in [7, 11) is 0. The van der Waals surface area contributed by atoms with Crippen molar-refractivity contribution >= 4 is 0 Å². The molecule has 1 aromatic heterocycles. The van der Waals surface area contributed by atoms with Crippen molar-refractivity contribution in [1.29, 1.82) is 0 Å². The lowest BCUT2D eigenvalue weighted by Gasteiger charge is -2.05. The Morgan fingerprint density at radius 3 is 2.77 bits per heavy atom. The van der Waals surface area contributed by atoms with E-state index in [4.69, 9.17) is 0 Å². The minimum absolute atomic E-state index is 0.0798. The van der Waals surface area contributed by atoms with Gasteiger partial charge in [0.1, 0.15) is 5.69 Å². The molecule has 0 N–H and O–H groups in total. The lowest BCUT2D eigenvalue weighted by molar-refractivity contribution is -0.00218. The van der Waals surface area contributed by atoms with E-state index in [9.17, 15) is 8.78 Å². The van der Waals surface area contributed by atoms with Gasteiger partial charge in [0.25, 0.3) is 5.92 Å². The molecule has 4 heteroatoms. The molecule has 0 radical (unpaired) electrons. The second-order valence-electron chi connectivity index (χ2n) is 3.79. The molecule has 1 aliphatic heterocycles. The molecular formula is C9H12F2N2. The Morgan fingerprint density at radius 2 is 2.23 bits per heavy atom. The van der Waals surface area contributed by atoms with Crippen molar-refractivity contribution in [3.05, 3.63) is 17.5 Å². The lowest BCUT2D eigenvalue weighted by Crippen LogP contribution is -2.07. The Hall–Kier alpha value is -0.930. The Bertz CT molecular complexity index is 328. The summed E-state index contributed by atoms with van der Waals surface area (Å²) in [6.07, 6.45) is -0.103. The number of fused-ring (bicyclic) bond motifs is 1. The van der Waals surface area contributed by atoms with Crippen molar-refractivity contribution in [2.24, 2.45) is 0 Å². The third-order valence-corrected chi connectivity index (χ3v) is 2.40. The summed E-state index contributed by atoms with van der Waals surface area (Å²) in [6.45, 7) is 4.25. The molecule has 0 aromatic carbocycles. The number of aromatic nitrogens is 2. The highest BCUT2D eigenvalue weighted by molar-refractivity contribution is 5.20. The van der Waals surface area contributed by atoms with Crippen molar-refractivity contribution in [3.63, 3.8) is 0 Å². The molecule has 0 saturated carbocycles. The van der Waals surface area contributed by atoms with Crippen LogP contribution >= 0.6 is 0 Å². The van der Waals surface area contributed by atoms with Gasteiger partial charge in [0, 0.05) is 13.0 Å². The first kappa shape index (κ1) is 8.66. The van der Waals surface area contributed by atoms with Gasteiger partial charge in [-0.1, -0.05) is 13.8 Å². The third-order valence-electron chi connectivity index (χ3n) is 2.40. The van der Waals surface area contributed by atoms with Crippen LogP contribution in [-0.2, 0) is 12.5 Å². The smallest absolute Gasteiger partial charge is 0.263 e. The summed E-state index contributed by atoms with van der Waals surface area (Å²) in [5.41, 5.74) is 0.838. The molecule has 0 bridgehead atoms. The quantitative estimate of drug-likeness (QED) is 0.658. The van der Waals surface area contributed by atoms with Gasteiger partial charge in [-0.2, -0.15) is 13.9 Å². The Labute approximate surface area is 75.6 Å². The first-order chi connectivity index (χ1) is 6.00. The number of alkyl halides is 2. The zero-order valence-corrected chi connectivity index (χ0v) is 7.72. The van der Waals surface area contributed by atoms with E-state index in [2.05, 4.69) is 5.10 Å². The molecule has 0 aliphatic carbocycles. The second-order valence-corrected chi connectivity index (χ2v) is 3.79. The van der Waals surface area contributed by atoms with Crippen molar-refractivity contribution in [3.8, 4) is 0 Å². The average Bonchev–Trinajstić information content (AvgIpc) is 2.53. The fraction of sp³-hybridized carbons (Fsp3) is 0.667. The monoisotopic (exact) mass is 186 g/mol. The van der Waals surface area contributed by atoms with Gasteiger partial charge in [-0.3, -0.25) is 4.68 Å². The van der Waals surface area contributed by atoms with E-state index in [0.29, 0.717) is 6.54 Å². The van der Waals surface area contributed by atoms with Crippen LogP contribution in [0.15, 0.2) is 6.07 Å². The molecule has 0 atom stereocenters. The van der Waals surface area contributed by atoms with E-state index in [-0.39, 0.29) is 18.0 Å². The van der Waals surface area contributed by atoms with E-state index in [0.717, 1.165) is 5.69 Å². The van der Waals surface area contributed by atoms with Crippen molar-refractivity contribution in [2.75, 3.05) is 0 Å². The number of aryl methyl sites for hydroxylation is 1. The molecule has 0 saturated heterocycles. The van der Waals surface area contributed by atoms with Gasteiger partial charge in [0.05, 0.1) is 5.69 Å². The van der Waals surface area contributed by atoms with Crippen LogP contribution in [-0.4, -0.2) is 9.78 Å². The molecule has 13 heavy (non-hydrogen) atoms. The highest BCUT2D eigenvalue weighted by Crippen LogP contribution is 2.38. The standard InChI is InChI=1S/C9H12F2N2/c1-6(2)7-5-8-9(10,11)3-4-13(8)12-7/h5-6H,3-4H2,1-2H3. The SMILES string of the molecule is CC(C)c1cc2n(n1)CCC2(F)F. The van der Waals surface area contributed by atoms with Gasteiger partial charge < -0.3 is 0 Å². The van der Waals surface area contributed by atoms with Crippen LogP contribution in [0, 0.1) is 0 Å². The predicted octanol–water partition coefficient (Wildman–Crippen LogP) is 2.50. The van der Waals surface area contributed by atoms with Crippen molar-refractivity contribution in [1.82, 2.24) is 9.78 Å². The number of hydrogen-bond donors (Lipinski definition) is 0. The van der Waals surface area contributed by atoms with E-state index in [1.807, 2.05) is 13.8 Å². The Morgan fingerprint density at radius 1 is 1.54 bits per heavy atom. The molecule has 1 aromatic rings. The zero-order valence-electron chi connectivity index (χ0n) is 7.72. The van der Waals surface area contributed by atoms with Crippen LogP contribution in [0.5, 0.6) is 0 Å². The normalized spacial score (nSPS) is 19.5. The Kier molecular flexibility index (Phi) is 1.68. The summed E-state index contributed by atoms with van der Waals surface area (Å²) in [5.74, 6) is -2.45. The molecule has 0 fully saturated rings. The van der Waals surface area contributed by atoms with E-state index in [1.54, 1.807) is 0 Å². The number of rotatable bonds is 1. The minimum Gasteiger partial charge on any atom is -0.263 e. The Balaban J connectivity index is 2.42. The van der Waals surface area contributed by atoms with Gasteiger partial charge in [-0.25, -0.2) is 0 Å². The van der Waals surface area contributed by atoms with Gasteiger partial charge in [-0.15, -0.1) is 0 Å². The maximum atomic E-state index is 13.2. The van der Waals surface area contributed by atoms with E-state index < -0.39 is 5.92 Å². The topological polar surface area (TPSA) is 17.8 Å². The van der Waals surface area contributed by atoms with Crippen LogP contribution < -0.4 is 0 Å². The average molecular weight is 186 g/mol. The van der Waals surface area contributed by atoms with Crippen LogP contribution in [0.1, 0.15) is 37.6 Å². The molecule has 0 spiro atoms. The largest absolute Gasteiger partial charge is 0.291 e. The molecular weight excluding hydrogens is 174 g/mol. The van der Waals surface area contributed by atoms with Crippen molar-refractivity contribution < 1.29 is 8.78 Å². The second kappa shape index (κ2) is 2.53. The summed E-state index contributed by atoms with van der Waals surface area (Å²) in [6, 6.07) is 1.53. The highest BCUT2D eigenvalue weighted by atomic mass is 19.3. The van der Waals surface area contributed by atoms with Crippen LogP contribution in [0.25, 0.3) is 0 Å². The number of halogens is 2. The fourth-order valence-corrected chi connectivity index (χ4v) is 1.56. The summed E-state index contributed by atoms with van der Waals surface area (Å²) < 4.78 is 27.7. The van der Waals surface area contributed by atoms with Crippen LogP contribution in [0.4, 0.5) is 8.78 Å². The third kappa shape index (κ3) is 1.24. The first-order valence-corrected chi connectivity index (χ1v) is 4.47. The molecule has 0 unspecified atom stereocenters. The van der Waals surface area contributed by atoms with Crippen LogP contribution in [0.3, 0.4) is 0 Å². The molecule has 2 nitrogen and oxygen atoms in total. The molecule has 2 heterocycles. The van der Waals surface area contributed by atoms with Gasteiger partial charge in [0.15, 0.2) is 0 Å². The minimum atomic E-state index is -2.67. The number of hydrogen-bond acceptors (Lipinski definition) is 1. The first-order valence-electron chi connectivity index (χ1n) is 4.47. The van der Waals surface area contributed by atoms with E-state index >= 15 is 0 Å². The molecule has 1 aliphatic rings. The highest BCUT2D eigenvalue weighted by Gasteiger charge is 2.41. The van der Waals surface area contributed by atoms with Gasteiger partial charge in [-0.05, 0) is 12.0 Å². The van der Waals surface area contributed by atoms with Gasteiger partial charge in [0.2, 0.25) is 0 Å². The summed E-state index contributed by atoms with van der Waals surface area (Å²) in [4.78, 5) is 0. The maximum absolute atomic E-state index is 13.2. The van der Waals surface area contributed by atoms with Crippen LogP contribution in [0.2, 0.25) is 0 Å². The van der Waals surface area contributed by atoms with E-state index in [1.165, 1.54) is 10.7 Å². The fourth-order valence-electron chi connectivity index (χ4n) is 1.56. The lowest BCUT2D eigenvalue weighted by atomic mass is 10.1. The zero-order chi connectivity index (χ0) is 9.64. The predicted molar refractivity (Wildman–Crippen MR) is 44.8 cm³/mol. The molecule has 72 valence electrons. The molecule has 2 rings (SSSR count). The van der Waals surface area contributed by atoms with Gasteiger partial charge >= 0.3 is 0 Å². The summed E-state index contributed by atoms with van der Waals surface area (Å²) >= 11 is 0. The summed E-state index contributed by atoms with van der Waals surface area (Å²) in [5, 5.41) is 4.12. The number of nitrogens with zero attached hydrogens (tertiary/aromatic N) is 2. The maximum Gasteiger partial charge on any atom is 0.291 e. The molecule has 0 amide bonds. The van der Waals surface area contributed by atoms with Crippen molar-refractivity contribution in [2.45, 2.75) is 38.7 Å².